The topological polar surface area (TPSA) is 55.6 Å². The molecule has 1 heterocycles. The van der Waals surface area contributed by atoms with E-state index in [9.17, 15) is 9.18 Å². The first-order valence-corrected chi connectivity index (χ1v) is 14.0. The number of nitrogens with one attached hydrogen (secondary N) is 1. The molecule has 1 N–H and O–H groups in total. The van der Waals surface area contributed by atoms with Crippen LogP contribution < -0.4 is 10.2 Å². The molecule has 0 radical (unpaired) electrons. The zero-order valence-electron chi connectivity index (χ0n) is 21.4. The van der Waals surface area contributed by atoms with Crippen molar-refractivity contribution >= 4 is 44.0 Å². The van der Waals surface area contributed by atoms with Crippen molar-refractivity contribution in [2.45, 2.75) is 13.5 Å². The van der Waals surface area contributed by atoms with Crippen LogP contribution >= 0.6 is 31.9 Å². The normalized spacial score (nSPS) is 11.1. The minimum atomic E-state index is -0.312. The number of carbonyl (C=O) groups is 1. The molecule has 1 aromatic heterocycles. The second-order valence-electron chi connectivity index (χ2n) is 9.04. The van der Waals surface area contributed by atoms with Crippen molar-refractivity contribution in [2.24, 2.45) is 5.10 Å². The predicted molar refractivity (Wildman–Crippen MR) is 164 cm³/mol. The first-order chi connectivity index (χ1) is 19.4. The molecule has 0 atom stereocenters. The van der Waals surface area contributed by atoms with Crippen LogP contribution in [-0.2, 0) is 6.61 Å². The number of nitrogens with zero attached hydrogens (tertiary/aromatic N) is 2. The predicted octanol–water partition coefficient (Wildman–Crippen LogP) is 8.46. The summed E-state index contributed by atoms with van der Waals surface area (Å²) in [7, 11) is 0. The second kappa shape index (κ2) is 12.4. The van der Waals surface area contributed by atoms with Gasteiger partial charge in [0, 0.05) is 16.9 Å². The lowest BCUT2D eigenvalue weighted by Crippen LogP contribution is -2.17. The molecule has 0 aliphatic carbocycles. The molecule has 40 heavy (non-hydrogen) atoms. The molecule has 5 nitrogen and oxygen atoms in total. The van der Waals surface area contributed by atoms with Crippen LogP contribution in [-0.4, -0.2) is 16.7 Å². The number of aryl methyl sites for hydroxylation is 1. The van der Waals surface area contributed by atoms with Gasteiger partial charge < -0.3 is 9.30 Å². The SMILES string of the molecule is Cc1ccc(-c2ccccc2)n1-c1ccc(C(=O)N/N=C/c2cc(Br)c(OCc3ccc(F)cc3)c(Br)c2)cc1. The van der Waals surface area contributed by atoms with E-state index in [2.05, 4.69) is 78.1 Å². The lowest BCUT2D eigenvalue weighted by Gasteiger charge is -2.13. The molecule has 5 rings (SSSR count). The maximum absolute atomic E-state index is 13.1. The smallest absolute Gasteiger partial charge is 0.271 e. The van der Waals surface area contributed by atoms with Crippen molar-refractivity contribution in [1.29, 1.82) is 0 Å². The molecule has 1 amide bonds. The van der Waals surface area contributed by atoms with Crippen LogP contribution in [0.1, 0.15) is 27.2 Å². The Morgan fingerprint density at radius 3 is 2.27 bits per heavy atom. The molecule has 4 aromatic carbocycles. The third-order valence-corrected chi connectivity index (χ3v) is 7.41. The van der Waals surface area contributed by atoms with Crippen LogP contribution in [0, 0.1) is 12.7 Å². The third kappa shape index (κ3) is 6.41. The number of halogens is 3. The van der Waals surface area contributed by atoms with Gasteiger partial charge >= 0.3 is 0 Å². The number of benzene rings is 4. The average molecular weight is 661 g/mol. The van der Waals surface area contributed by atoms with Crippen molar-refractivity contribution in [3.05, 3.63) is 140 Å². The molecule has 0 aliphatic heterocycles. The number of ether oxygens (including phenoxy) is 1. The van der Waals surface area contributed by atoms with E-state index in [1.807, 2.05) is 42.5 Å². The highest BCUT2D eigenvalue weighted by atomic mass is 79.9. The molecule has 0 unspecified atom stereocenters. The van der Waals surface area contributed by atoms with Gasteiger partial charge in [0.2, 0.25) is 0 Å². The van der Waals surface area contributed by atoms with Crippen molar-refractivity contribution in [3.8, 4) is 22.7 Å². The van der Waals surface area contributed by atoms with Crippen LogP contribution in [0.5, 0.6) is 5.75 Å². The van der Waals surface area contributed by atoms with Gasteiger partial charge in [-0.1, -0.05) is 42.5 Å². The van der Waals surface area contributed by atoms with Gasteiger partial charge in [0.25, 0.3) is 5.91 Å². The summed E-state index contributed by atoms with van der Waals surface area (Å²) in [4.78, 5) is 12.7. The van der Waals surface area contributed by atoms with Gasteiger partial charge in [0.15, 0.2) is 0 Å². The van der Waals surface area contributed by atoms with Crippen LogP contribution in [0.3, 0.4) is 0 Å². The monoisotopic (exact) mass is 659 g/mol. The fraction of sp³-hybridized carbons (Fsp3) is 0.0625. The highest BCUT2D eigenvalue weighted by molar-refractivity contribution is 9.11. The summed E-state index contributed by atoms with van der Waals surface area (Å²) in [5.74, 6) is 0.00921. The molecule has 0 spiro atoms. The van der Waals surface area contributed by atoms with E-state index in [0.29, 0.717) is 20.3 Å². The summed E-state index contributed by atoms with van der Waals surface area (Å²) in [5.41, 5.74) is 8.97. The van der Waals surface area contributed by atoms with Gasteiger partial charge in [-0.25, -0.2) is 9.82 Å². The van der Waals surface area contributed by atoms with Crippen LogP contribution in [0.15, 0.2) is 117 Å². The summed E-state index contributed by atoms with van der Waals surface area (Å²) in [6.07, 6.45) is 1.56. The summed E-state index contributed by atoms with van der Waals surface area (Å²) >= 11 is 7.05. The molecule has 200 valence electrons. The van der Waals surface area contributed by atoms with E-state index in [1.54, 1.807) is 30.5 Å². The minimum absolute atomic E-state index is 0.289. The molecule has 0 bridgehead atoms. The van der Waals surface area contributed by atoms with Crippen LogP contribution in [0.2, 0.25) is 0 Å². The molecule has 8 heteroatoms. The largest absolute Gasteiger partial charge is 0.487 e. The van der Waals surface area contributed by atoms with Crippen molar-refractivity contribution in [1.82, 2.24) is 9.99 Å². The van der Waals surface area contributed by atoms with Gasteiger partial charge in [0.1, 0.15) is 18.2 Å². The second-order valence-corrected chi connectivity index (χ2v) is 10.7. The van der Waals surface area contributed by atoms with Gasteiger partial charge in [-0.3, -0.25) is 4.79 Å². The fourth-order valence-corrected chi connectivity index (χ4v) is 5.69. The number of rotatable bonds is 8. The van der Waals surface area contributed by atoms with E-state index in [-0.39, 0.29) is 18.3 Å². The van der Waals surface area contributed by atoms with E-state index in [4.69, 9.17) is 4.74 Å². The Kier molecular flexibility index (Phi) is 8.57. The first kappa shape index (κ1) is 27.6. The number of hydrogen-bond acceptors (Lipinski definition) is 3. The number of carbonyl (C=O) groups excluding carboxylic acids is 1. The Labute approximate surface area is 248 Å². The van der Waals surface area contributed by atoms with Gasteiger partial charge in [0.05, 0.1) is 20.9 Å². The summed E-state index contributed by atoms with van der Waals surface area (Å²) < 4.78 is 22.6. The lowest BCUT2D eigenvalue weighted by atomic mass is 10.1. The highest BCUT2D eigenvalue weighted by Crippen LogP contribution is 2.35. The molecular formula is C32H24Br2FN3O2. The van der Waals surface area contributed by atoms with E-state index in [1.165, 1.54) is 12.1 Å². The van der Waals surface area contributed by atoms with E-state index < -0.39 is 0 Å². The first-order valence-electron chi connectivity index (χ1n) is 12.4. The number of aromatic nitrogens is 1. The van der Waals surface area contributed by atoms with Crippen molar-refractivity contribution in [2.75, 3.05) is 0 Å². The average Bonchev–Trinajstić information content (AvgIpc) is 3.35. The molecule has 0 fully saturated rings. The Hall–Kier alpha value is -4.01. The third-order valence-electron chi connectivity index (χ3n) is 6.23. The van der Waals surface area contributed by atoms with E-state index >= 15 is 0 Å². The highest BCUT2D eigenvalue weighted by Gasteiger charge is 2.12. The lowest BCUT2D eigenvalue weighted by molar-refractivity contribution is 0.0955. The molecule has 0 saturated heterocycles. The summed E-state index contributed by atoms with van der Waals surface area (Å²) in [6, 6.07) is 31.6. The standard InChI is InChI=1S/C32H24Br2FN3O2/c1-21-7-16-30(24-5-3-2-4-6-24)38(21)27-14-10-25(11-15-27)32(39)37-36-19-23-17-28(33)31(29(34)18-23)40-20-22-8-12-26(35)13-9-22/h2-19H,20H2,1H3,(H,37,39)/b36-19+. The van der Waals surface area contributed by atoms with Gasteiger partial charge in [-0.05, 0) is 116 Å². The quantitative estimate of drug-likeness (QED) is 0.134. The summed E-state index contributed by atoms with van der Waals surface area (Å²) in [6.45, 7) is 2.35. The van der Waals surface area contributed by atoms with Gasteiger partial charge in [-0.2, -0.15) is 5.10 Å². The van der Waals surface area contributed by atoms with Crippen molar-refractivity contribution < 1.29 is 13.9 Å². The van der Waals surface area contributed by atoms with E-state index in [0.717, 1.165) is 33.8 Å². The number of hydrogen-bond donors (Lipinski definition) is 1. The fourth-order valence-electron chi connectivity index (χ4n) is 4.24. The Morgan fingerprint density at radius 2 is 1.60 bits per heavy atom. The Balaban J connectivity index is 1.23. The maximum Gasteiger partial charge on any atom is 0.271 e. The Morgan fingerprint density at radius 1 is 0.925 bits per heavy atom. The molecular weight excluding hydrogens is 637 g/mol. The summed E-state index contributed by atoms with van der Waals surface area (Å²) in [5, 5.41) is 4.12. The maximum atomic E-state index is 13.1. The van der Waals surface area contributed by atoms with Crippen molar-refractivity contribution in [3.63, 3.8) is 0 Å². The Bertz CT molecular complexity index is 1640. The minimum Gasteiger partial charge on any atom is -0.487 e. The zero-order valence-corrected chi connectivity index (χ0v) is 24.6. The van der Waals surface area contributed by atoms with Gasteiger partial charge in [-0.15, -0.1) is 0 Å². The zero-order chi connectivity index (χ0) is 28.1. The van der Waals surface area contributed by atoms with Crippen LogP contribution in [0.4, 0.5) is 4.39 Å². The number of hydrazone groups is 1. The van der Waals surface area contributed by atoms with Crippen LogP contribution in [0.25, 0.3) is 16.9 Å². The molecule has 0 saturated carbocycles. The molecule has 5 aromatic rings. The molecule has 0 aliphatic rings. The number of amides is 1.